The molecule has 0 aliphatic rings. The van der Waals surface area contributed by atoms with Crippen LogP contribution in [0, 0.1) is 0 Å². The summed E-state index contributed by atoms with van der Waals surface area (Å²) in [5.41, 5.74) is 6.08. The lowest BCUT2D eigenvalue weighted by molar-refractivity contribution is 0.0867. The molecule has 0 saturated heterocycles. The largest absolute Gasteiger partial charge is 0.379 e. The SMILES string of the molecule is CCCOCC(C)(N)c1noc(-c2cn[nH]c2)n1. The van der Waals surface area contributed by atoms with Gasteiger partial charge < -0.3 is 15.0 Å². The molecule has 2 rings (SSSR count). The van der Waals surface area contributed by atoms with Gasteiger partial charge >= 0.3 is 0 Å². The summed E-state index contributed by atoms with van der Waals surface area (Å²) in [6.45, 7) is 4.87. The van der Waals surface area contributed by atoms with Gasteiger partial charge in [-0.3, -0.25) is 5.10 Å². The molecule has 0 bridgehead atoms. The average Bonchev–Trinajstić information content (AvgIpc) is 3.00. The van der Waals surface area contributed by atoms with Crippen molar-refractivity contribution in [2.24, 2.45) is 5.73 Å². The Hall–Kier alpha value is -1.73. The number of nitrogens with one attached hydrogen (secondary N) is 1. The van der Waals surface area contributed by atoms with Gasteiger partial charge in [0.1, 0.15) is 5.54 Å². The number of hydrogen-bond donors (Lipinski definition) is 2. The lowest BCUT2D eigenvalue weighted by Crippen LogP contribution is -2.39. The van der Waals surface area contributed by atoms with E-state index in [-0.39, 0.29) is 0 Å². The van der Waals surface area contributed by atoms with Gasteiger partial charge in [0.05, 0.1) is 18.4 Å². The lowest BCUT2D eigenvalue weighted by atomic mass is 10.1. The smallest absolute Gasteiger partial charge is 0.261 e. The quantitative estimate of drug-likeness (QED) is 0.744. The highest BCUT2D eigenvalue weighted by molar-refractivity contribution is 5.49. The van der Waals surface area contributed by atoms with Gasteiger partial charge in [-0.25, -0.2) is 0 Å². The standard InChI is InChI=1S/C11H17N5O2/c1-3-4-17-7-11(2,12)10-15-9(18-16-10)8-5-13-14-6-8/h5-6H,3-4,7,12H2,1-2H3,(H,13,14). The van der Waals surface area contributed by atoms with Crippen molar-refractivity contribution in [3.8, 4) is 11.5 Å². The Morgan fingerprint density at radius 3 is 3.06 bits per heavy atom. The number of nitrogens with two attached hydrogens (primary N) is 1. The normalized spacial score (nSPS) is 14.6. The molecular formula is C11H17N5O2. The number of ether oxygens (including phenoxy) is 1. The molecule has 7 heteroatoms. The zero-order chi connectivity index (χ0) is 13.0. The second-order valence-corrected chi connectivity index (χ2v) is 4.38. The number of aromatic amines is 1. The van der Waals surface area contributed by atoms with Crippen LogP contribution < -0.4 is 5.73 Å². The van der Waals surface area contributed by atoms with E-state index in [1.54, 1.807) is 12.4 Å². The zero-order valence-electron chi connectivity index (χ0n) is 10.5. The van der Waals surface area contributed by atoms with E-state index in [9.17, 15) is 0 Å². The van der Waals surface area contributed by atoms with Gasteiger partial charge in [-0.05, 0) is 13.3 Å². The molecule has 1 unspecified atom stereocenters. The van der Waals surface area contributed by atoms with Crippen molar-refractivity contribution >= 4 is 0 Å². The minimum absolute atomic E-state index is 0.352. The predicted molar refractivity (Wildman–Crippen MR) is 64.5 cm³/mol. The summed E-state index contributed by atoms with van der Waals surface area (Å²) in [7, 11) is 0. The number of nitrogens with zero attached hydrogens (tertiary/aromatic N) is 3. The Balaban J connectivity index is 2.09. The molecule has 3 N–H and O–H groups in total. The van der Waals surface area contributed by atoms with Crippen LogP contribution in [0.5, 0.6) is 0 Å². The molecule has 2 aromatic rings. The second kappa shape index (κ2) is 5.28. The summed E-state index contributed by atoms with van der Waals surface area (Å²) in [5.74, 6) is 0.820. The van der Waals surface area contributed by atoms with Crippen LogP contribution in [0.3, 0.4) is 0 Å². The van der Waals surface area contributed by atoms with E-state index in [4.69, 9.17) is 15.0 Å². The number of aromatic nitrogens is 4. The summed E-state index contributed by atoms with van der Waals surface area (Å²) >= 11 is 0. The second-order valence-electron chi connectivity index (χ2n) is 4.38. The molecule has 1 atom stereocenters. The maximum Gasteiger partial charge on any atom is 0.261 e. The van der Waals surface area contributed by atoms with Crippen molar-refractivity contribution < 1.29 is 9.26 Å². The van der Waals surface area contributed by atoms with E-state index in [0.29, 0.717) is 24.9 Å². The molecule has 18 heavy (non-hydrogen) atoms. The fraction of sp³-hybridized carbons (Fsp3) is 0.545. The molecule has 98 valence electrons. The van der Waals surface area contributed by atoms with Gasteiger partial charge in [-0.15, -0.1) is 0 Å². The van der Waals surface area contributed by atoms with Crippen LogP contribution in [0.2, 0.25) is 0 Å². The van der Waals surface area contributed by atoms with Gasteiger partial charge in [0.15, 0.2) is 5.82 Å². The number of hydrogen-bond acceptors (Lipinski definition) is 6. The van der Waals surface area contributed by atoms with Gasteiger partial charge in [-0.1, -0.05) is 12.1 Å². The van der Waals surface area contributed by atoms with E-state index in [1.807, 2.05) is 13.8 Å². The fourth-order valence-electron chi connectivity index (χ4n) is 1.43. The van der Waals surface area contributed by atoms with Crippen molar-refractivity contribution in [1.29, 1.82) is 0 Å². The van der Waals surface area contributed by atoms with Crippen LogP contribution in [0.25, 0.3) is 11.5 Å². The predicted octanol–water partition coefficient (Wildman–Crippen LogP) is 1.06. The highest BCUT2D eigenvalue weighted by atomic mass is 16.5. The first-order valence-corrected chi connectivity index (χ1v) is 5.83. The van der Waals surface area contributed by atoms with Crippen LogP contribution in [-0.4, -0.2) is 33.6 Å². The maximum atomic E-state index is 6.11. The summed E-state index contributed by atoms with van der Waals surface area (Å²) in [6, 6.07) is 0. The molecule has 0 fully saturated rings. The van der Waals surface area contributed by atoms with Crippen molar-refractivity contribution in [2.75, 3.05) is 13.2 Å². The Morgan fingerprint density at radius 2 is 2.39 bits per heavy atom. The van der Waals surface area contributed by atoms with E-state index >= 15 is 0 Å². The van der Waals surface area contributed by atoms with Gasteiger partial charge in [-0.2, -0.15) is 10.1 Å². The molecule has 2 heterocycles. The van der Waals surface area contributed by atoms with Crippen LogP contribution in [0.15, 0.2) is 16.9 Å². The third-order valence-corrected chi connectivity index (χ3v) is 2.43. The third-order valence-electron chi connectivity index (χ3n) is 2.43. The van der Waals surface area contributed by atoms with E-state index < -0.39 is 5.54 Å². The average molecular weight is 251 g/mol. The van der Waals surface area contributed by atoms with E-state index in [2.05, 4.69) is 20.3 Å². The van der Waals surface area contributed by atoms with Crippen molar-refractivity contribution in [2.45, 2.75) is 25.8 Å². The first kappa shape index (κ1) is 12.7. The number of H-pyrrole nitrogens is 1. The molecule has 0 radical (unpaired) electrons. The number of rotatable bonds is 6. The molecule has 0 saturated carbocycles. The lowest BCUT2D eigenvalue weighted by Gasteiger charge is -2.19. The third kappa shape index (κ3) is 2.74. The van der Waals surface area contributed by atoms with Crippen molar-refractivity contribution in [1.82, 2.24) is 20.3 Å². The monoisotopic (exact) mass is 251 g/mol. The molecule has 2 aromatic heterocycles. The van der Waals surface area contributed by atoms with Crippen LogP contribution in [0.1, 0.15) is 26.1 Å². The molecule has 0 spiro atoms. The molecule has 7 nitrogen and oxygen atoms in total. The van der Waals surface area contributed by atoms with Crippen LogP contribution in [0.4, 0.5) is 0 Å². The van der Waals surface area contributed by atoms with Crippen LogP contribution in [-0.2, 0) is 10.3 Å². The maximum absolute atomic E-state index is 6.11. The minimum atomic E-state index is -0.763. The Morgan fingerprint density at radius 1 is 1.56 bits per heavy atom. The summed E-state index contributed by atoms with van der Waals surface area (Å²) in [6.07, 6.45) is 4.24. The van der Waals surface area contributed by atoms with Gasteiger partial charge in [0.25, 0.3) is 5.89 Å². The highest BCUT2D eigenvalue weighted by Gasteiger charge is 2.28. The van der Waals surface area contributed by atoms with E-state index in [0.717, 1.165) is 12.0 Å². The van der Waals surface area contributed by atoms with Crippen molar-refractivity contribution in [3.05, 3.63) is 18.2 Å². The van der Waals surface area contributed by atoms with Gasteiger partial charge in [0, 0.05) is 12.8 Å². The highest BCUT2D eigenvalue weighted by Crippen LogP contribution is 2.20. The molecule has 0 aliphatic heterocycles. The topological polar surface area (TPSA) is 103 Å². The molecule has 0 aliphatic carbocycles. The Bertz CT molecular complexity index is 477. The van der Waals surface area contributed by atoms with Gasteiger partial charge in [0.2, 0.25) is 0 Å². The fourth-order valence-corrected chi connectivity index (χ4v) is 1.43. The molecular weight excluding hydrogens is 234 g/mol. The minimum Gasteiger partial charge on any atom is -0.379 e. The summed E-state index contributed by atoms with van der Waals surface area (Å²) in [5, 5.41) is 10.4. The first-order chi connectivity index (χ1) is 8.63. The first-order valence-electron chi connectivity index (χ1n) is 5.83. The molecule has 0 amide bonds. The summed E-state index contributed by atoms with van der Waals surface area (Å²) < 4.78 is 10.6. The van der Waals surface area contributed by atoms with Crippen LogP contribution >= 0.6 is 0 Å². The van der Waals surface area contributed by atoms with Crippen molar-refractivity contribution in [3.63, 3.8) is 0 Å². The zero-order valence-corrected chi connectivity index (χ0v) is 10.5. The Kier molecular flexibility index (Phi) is 3.73. The summed E-state index contributed by atoms with van der Waals surface area (Å²) in [4.78, 5) is 4.26. The molecule has 0 aromatic carbocycles. The van der Waals surface area contributed by atoms with E-state index in [1.165, 1.54) is 0 Å². The Labute approximate surface area is 105 Å².